The van der Waals surface area contributed by atoms with Crippen LogP contribution in [0.4, 0.5) is 0 Å². The number of benzene rings is 3. The molecule has 0 aliphatic rings. The van der Waals surface area contributed by atoms with Crippen molar-refractivity contribution in [3.8, 4) is 0 Å². The fourth-order valence-electron chi connectivity index (χ4n) is 4.17. The van der Waals surface area contributed by atoms with Gasteiger partial charge in [-0.3, -0.25) is 0 Å². The number of rotatable bonds is 9. The molecular weight excluding hydrogens is 424 g/mol. The SMILES string of the molecule is CC(C)(C)[Si](OC(/C=C/c1ccccc1)C/C=C/C(=O)O)(c1ccccc1)c1ccccc1. The van der Waals surface area contributed by atoms with Crippen LogP contribution in [0, 0.1) is 0 Å². The van der Waals surface area contributed by atoms with Gasteiger partial charge in [0.05, 0.1) is 6.10 Å². The third-order valence-electron chi connectivity index (χ3n) is 5.68. The number of carboxylic acid groups (broad SMARTS) is 1. The zero-order valence-corrected chi connectivity index (χ0v) is 20.5. The fourth-order valence-corrected chi connectivity index (χ4v) is 8.81. The first kappa shape index (κ1) is 24.4. The molecule has 1 unspecified atom stereocenters. The normalized spacial score (nSPS) is 13.4. The first-order chi connectivity index (χ1) is 15.8. The molecular formula is C29H32O3Si. The van der Waals surface area contributed by atoms with E-state index in [0.29, 0.717) is 6.42 Å². The molecule has 0 aromatic heterocycles. The molecule has 0 amide bonds. The molecule has 3 rings (SSSR count). The molecule has 0 radical (unpaired) electrons. The Kier molecular flexibility index (Phi) is 8.20. The monoisotopic (exact) mass is 456 g/mol. The molecule has 33 heavy (non-hydrogen) atoms. The predicted octanol–water partition coefficient (Wildman–Crippen LogP) is 5.68. The van der Waals surface area contributed by atoms with E-state index in [1.54, 1.807) is 6.08 Å². The summed E-state index contributed by atoms with van der Waals surface area (Å²) >= 11 is 0. The largest absolute Gasteiger partial charge is 0.478 e. The van der Waals surface area contributed by atoms with Crippen molar-refractivity contribution in [2.75, 3.05) is 0 Å². The Bertz CT molecular complexity index is 1030. The molecule has 0 saturated heterocycles. The molecule has 3 nitrogen and oxygen atoms in total. The summed E-state index contributed by atoms with van der Waals surface area (Å²) in [6.07, 6.45) is 7.17. The highest BCUT2D eigenvalue weighted by molar-refractivity contribution is 6.99. The van der Waals surface area contributed by atoms with Gasteiger partial charge in [0.15, 0.2) is 0 Å². The van der Waals surface area contributed by atoms with Gasteiger partial charge in [-0.15, -0.1) is 0 Å². The lowest BCUT2D eigenvalue weighted by molar-refractivity contribution is -0.131. The Morgan fingerprint density at radius 3 is 1.82 bits per heavy atom. The van der Waals surface area contributed by atoms with Crippen LogP contribution >= 0.6 is 0 Å². The van der Waals surface area contributed by atoms with E-state index in [0.717, 1.165) is 5.56 Å². The lowest BCUT2D eigenvalue weighted by Gasteiger charge is -2.44. The lowest BCUT2D eigenvalue weighted by Crippen LogP contribution is -2.67. The van der Waals surface area contributed by atoms with Crippen LogP contribution in [-0.2, 0) is 9.22 Å². The smallest absolute Gasteiger partial charge is 0.327 e. The van der Waals surface area contributed by atoms with Gasteiger partial charge in [0.1, 0.15) is 0 Å². The van der Waals surface area contributed by atoms with E-state index >= 15 is 0 Å². The number of hydrogen-bond donors (Lipinski definition) is 1. The van der Waals surface area contributed by atoms with Crippen molar-refractivity contribution in [2.24, 2.45) is 0 Å². The molecule has 0 aliphatic carbocycles. The Morgan fingerprint density at radius 1 is 0.879 bits per heavy atom. The highest BCUT2D eigenvalue weighted by Crippen LogP contribution is 2.38. The second-order valence-corrected chi connectivity index (χ2v) is 13.3. The van der Waals surface area contributed by atoms with Gasteiger partial charge in [-0.2, -0.15) is 0 Å². The molecule has 0 aliphatic heterocycles. The Balaban J connectivity index is 2.11. The van der Waals surface area contributed by atoms with Crippen molar-refractivity contribution in [1.82, 2.24) is 0 Å². The molecule has 3 aromatic carbocycles. The minimum absolute atomic E-state index is 0.162. The van der Waals surface area contributed by atoms with Crippen LogP contribution < -0.4 is 10.4 Å². The summed E-state index contributed by atoms with van der Waals surface area (Å²) in [6.45, 7) is 6.72. The van der Waals surface area contributed by atoms with Crippen LogP contribution in [0.2, 0.25) is 5.04 Å². The summed E-state index contributed by atoms with van der Waals surface area (Å²) < 4.78 is 7.19. The average Bonchev–Trinajstić information content (AvgIpc) is 2.81. The second-order valence-electron chi connectivity index (χ2n) is 9.07. The van der Waals surface area contributed by atoms with Gasteiger partial charge in [-0.1, -0.05) is 130 Å². The number of aliphatic carboxylic acids is 1. The molecule has 0 saturated carbocycles. The highest BCUT2D eigenvalue weighted by atomic mass is 28.4. The van der Waals surface area contributed by atoms with Crippen molar-refractivity contribution >= 4 is 30.7 Å². The maximum absolute atomic E-state index is 11.1. The Hall–Kier alpha value is -3.21. The first-order valence-electron chi connectivity index (χ1n) is 11.2. The van der Waals surface area contributed by atoms with E-state index in [9.17, 15) is 4.79 Å². The summed E-state index contributed by atoms with van der Waals surface area (Å²) in [5.41, 5.74) is 1.08. The zero-order valence-electron chi connectivity index (χ0n) is 19.5. The van der Waals surface area contributed by atoms with Crippen molar-refractivity contribution in [1.29, 1.82) is 0 Å². The number of carboxylic acids is 1. The van der Waals surface area contributed by atoms with Crippen LogP contribution in [0.15, 0.2) is 109 Å². The summed E-state index contributed by atoms with van der Waals surface area (Å²) in [5, 5.41) is 11.3. The average molecular weight is 457 g/mol. The van der Waals surface area contributed by atoms with Gasteiger partial charge in [0, 0.05) is 6.08 Å². The minimum Gasteiger partial charge on any atom is -0.478 e. The lowest BCUT2D eigenvalue weighted by atomic mass is 10.1. The van der Waals surface area contributed by atoms with Gasteiger partial charge in [-0.25, -0.2) is 4.79 Å². The maximum Gasteiger partial charge on any atom is 0.327 e. The summed E-state index contributed by atoms with van der Waals surface area (Å²) in [6, 6.07) is 31.0. The third kappa shape index (κ3) is 6.19. The van der Waals surface area contributed by atoms with Crippen molar-refractivity contribution in [2.45, 2.75) is 38.3 Å². The summed E-state index contributed by atoms with van der Waals surface area (Å²) in [4.78, 5) is 11.1. The quantitative estimate of drug-likeness (QED) is 0.333. The van der Waals surface area contributed by atoms with Gasteiger partial charge < -0.3 is 9.53 Å². The molecule has 0 heterocycles. The molecule has 1 N–H and O–H groups in total. The van der Waals surface area contributed by atoms with Gasteiger partial charge in [0.2, 0.25) is 0 Å². The van der Waals surface area contributed by atoms with Crippen LogP contribution in [0.5, 0.6) is 0 Å². The standard InChI is InChI=1S/C29H32O3Si/c1-29(2,3)33(26-17-9-5-10-18-26,27-19-11-6-12-20-27)32-25(16-13-21-28(30)31)23-22-24-14-7-4-8-15-24/h4-15,17-23,25H,16H2,1-3H3,(H,30,31)/b21-13+,23-22+. The molecule has 3 aromatic rings. The van der Waals surface area contributed by atoms with E-state index in [1.165, 1.54) is 16.4 Å². The summed E-state index contributed by atoms with van der Waals surface area (Å²) in [5.74, 6) is -0.953. The van der Waals surface area contributed by atoms with E-state index in [4.69, 9.17) is 9.53 Å². The van der Waals surface area contributed by atoms with E-state index < -0.39 is 14.3 Å². The van der Waals surface area contributed by atoms with Crippen LogP contribution in [0.25, 0.3) is 6.08 Å². The van der Waals surface area contributed by atoms with Crippen LogP contribution in [0.3, 0.4) is 0 Å². The van der Waals surface area contributed by atoms with E-state index in [1.807, 2.05) is 42.5 Å². The molecule has 4 heteroatoms. The van der Waals surface area contributed by atoms with Crippen molar-refractivity contribution < 1.29 is 14.3 Å². The zero-order chi connectivity index (χ0) is 23.7. The van der Waals surface area contributed by atoms with Crippen LogP contribution in [-0.4, -0.2) is 25.5 Å². The Morgan fingerprint density at radius 2 is 1.36 bits per heavy atom. The summed E-state index contributed by atoms with van der Waals surface area (Å²) in [7, 11) is -2.76. The van der Waals surface area contributed by atoms with Gasteiger partial charge in [-0.05, 0) is 27.4 Å². The van der Waals surface area contributed by atoms with Crippen LogP contribution in [0.1, 0.15) is 32.8 Å². The van der Waals surface area contributed by atoms with Gasteiger partial charge in [0.25, 0.3) is 8.32 Å². The third-order valence-corrected chi connectivity index (χ3v) is 10.7. The van der Waals surface area contributed by atoms with E-state index in [2.05, 4.69) is 81.5 Å². The Labute approximate surface area is 198 Å². The van der Waals surface area contributed by atoms with Gasteiger partial charge >= 0.3 is 5.97 Å². The molecule has 170 valence electrons. The molecule has 1 atom stereocenters. The molecule has 0 spiro atoms. The van der Waals surface area contributed by atoms with Crippen molar-refractivity contribution in [3.63, 3.8) is 0 Å². The first-order valence-corrected chi connectivity index (χ1v) is 13.2. The fraction of sp³-hybridized carbons (Fsp3) is 0.207. The van der Waals surface area contributed by atoms with Crippen molar-refractivity contribution in [3.05, 3.63) is 115 Å². The minimum atomic E-state index is -2.76. The maximum atomic E-state index is 11.1. The van der Waals surface area contributed by atoms with E-state index in [-0.39, 0.29) is 11.1 Å². The highest BCUT2D eigenvalue weighted by Gasteiger charge is 2.51. The topological polar surface area (TPSA) is 46.5 Å². The second kappa shape index (κ2) is 11.1. The number of hydrogen-bond acceptors (Lipinski definition) is 2. The number of carbonyl (C=O) groups is 1. The molecule has 0 bridgehead atoms. The predicted molar refractivity (Wildman–Crippen MR) is 139 cm³/mol. The molecule has 0 fully saturated rings.